The third kappa shape index (κ3) is 2.35. The van der Waals surface area contributed by atoms with Gasteiger partial charge in [0.25, 0.3) is 0 Å². The molecule has 4 unspecified atom stereocenters. The minimum Gasteiger partial charge on any atom is -0.480 e. The summed E-state index contributed by atoms with van der Waals surface area (Å²) in [5, 5.41) is 12.9. The molecule has 4 atom stereocenters. The van der Waals surface area contributed by atoms with Crippen LogP contribution in [0, 0.1) is 11.3 Å². The molecule has 5 nitrogen and oxygen atoms in total. The Bertz CT molecular complexity index is 431. The second-order valence-electron chi connectivity index (χ2n) is 6.97. The van der Waals surface area contributed by atoms with E-state index in [2.05, 4.69) is 12.2 Å². The van der Waals surface area contributed by atoms with E-state index in [-0.39, 0.29) is 17.4 Å². The molecule has 3 fully saturated rings. The Labute approximate surface area is 126 Å². The quantitative estimate of drug-likeness (QED) is 0.830. The summed E-state index contributed by atoms with van der Waals surface area (Å²) in [6, 6.07) is -0.439. The maximum atomic E-state index is 13.2. The van der Waals surface area contributed by atoms with Gasteiger partial charge in [-0.15, -0.1) is 0 Å². The zero-order valence-electron chi connectivity index (χ0n) is 12.8. The predicted octanol–water partition coefficient (Wildman–Crippen LogP) is 1.62. The predicted molar refractivity (Wildman–Crippen MR) is 78.8 cm³/mol. The van der Waals surface area contributed by atoms with Crippen molar-refractivity contribution >= 4 is 11.9 Å². The molecule has 0 aromatic carbocycles. The number of carbonyl (C=O) groups excluding carboxylic acids is 1. The summed E-state index contributed by atoms with van der Waals surface area (Å²) >= 11 is 0. The Kier molecular flexibility index (Phi) is 3.95. The van der Waals surface area contributed by atoms with Gasteiger partial charge in [-0.05, 0) is 44.6 Å². The van der Waals surface area contributed by atoms with Crippen molar-refractivity contribution in [2.24, 2.45) is 11.3 Å². The van der Waals surface area contributed by atoms with Crippen molar-refractivity contribution in [3.63, 3.8) is 0 Å². The molecule has 0 aromatic heterocycles. The van der Waals surface area contributed by atoms with Gasteiger partial charge in [-0.25, -0.2) is 4.79 Å². The minimum absolute atomic E-state index is 0.0943. The van der Waals surface area contributed by atoms with Crippen LogP contribution in [0.1, 0.15) is 51.9 Å². The number of carboxylic acids is 1. The molecule has 2 aliphatic heterocycles. The topological polar surface area (TPSA) is 69.6 Å². The molecule has 3 rings (SSSR count). The average molecular weight is 294 g/mol. The molecule has 21 heavy (non-hydrogen) atoms. The van der Waals surface area contributed by atoms with Crippen molar-refractivity contribution in [3.05, 3.63) is 0 Å². The molecular formula is C16H26N2O3. The number of hydrogen-bond donors (Lipinski definition) is 2. The van der Waals surface area contributed by atoms with E-state index in [0.717, 1.165) is 38.6 Å². The molecule has 2 saturated heterocycles. The minimum atomic E-state index is -0.824. The summed E-state index contributed by atoms with van der Waals surface area (Å²) in [7, 11) is 0. The molecule has 2 heterocycles. The summed E-state index contributed by atoms with van der Waals surface area (Å²) in [4.78, 5) is 26.6. The van der Waals surface area contributed by atoms with Crippen LogP contribution in [0.15, 0.2) is 0 Å². The first kappa shape index (κ1) is 14.8. The molecule has 118 valence electrons. The summed E-state index contributed by atoms with van der Waals surface area (Å²) in [6.07, 6.45) is 6.63. The summed E-state index contributed by atoms with van der Waals surface area (Å²) < 4.78 is 0. The number of hydrogen-bond acceptors (Lipinski definition) is 3. The number of fused-ring (bicyclic) bond motifs is 1. The normalized spacial score (nSPS) is 39.3. The smallest absolute Gasteiger partial charge is 0.326 e. The molecule has 1 saturated carbocycles. The van der Waals surface area contributed by atoms with Gasteiger partial charge in [0.2, 0.25) is 5.91 Å². The average Bonchev–Trinajstić information content (AvgIpc) is 3.11. The van der Waals surface area contributed by atoms with E-state index in [1.165, 1.54) is 6.42 Å². The van der Waals surface area contributed by atoms with E-state index in [1.807, 2.05) is 0 Å². The van der Waals surface area contributed by atoms with E-state index >= 15 is 0 Å². The number of likely N-dealkylation sites (tertiary alicyclic amines) is 1. The number of amides is 1. The Morgan fingerprint density at radius 3 is 2.71 bits per heavy atom. The molecule has 0 spiro atoms. The lowest BCUT2D eigenvalue weighted by molar-refractivity contribution is -0.155. The fourth-order valence-electron chi connectivity index (χ4n) is 4.63. The van der Waals surface area contributed by atoms with Crippen molar-refractivity contribution in [1.29, 1.82) is 0 Å². The molecule has 0 radical (unpaired) electrons. The van der Waals surface area contributed by atoms with E-state index in [4.69, 9.17) is 0 Å². The molecule has 2 N–H and O–H groups in total. The largest absolute Gasteiger partial charge is 0.480 e. The van der Waals surface area contributed by atoms with Crippen LogP contribution < -0.4 is 5.32 Å². The van der Waals surface area contributed by atoms with Gasteiger partial charge in [-0.2, -0.15) is 0 Å². The second-order valence-corrected chi connectivity index (χ2v) is 6.97. The van der Waals surface area contributed by atoms with Crippen LogP contribution in [0.4, 0.5) is 0 Å². The maximum Gasteiger partial charge on any atom is 0.326 e. The van der Waals surface area contributed by atoms with Crippen molar-refractivity contribution in [1.82, 2.24) is 10.2 Å². The van der Waals surface area contributed by atoms with Gasteiger partial charge in [0.05, 0.1) is 5.41 Å². The first-order chi connectivity index (χ1) is 10.1. The number of carboxylic acid groups (broad SMARTS) is 1. The Morgan fingerprint density at radius 1 is 1.33 bits per heavy atom. The number of aliphatic carboxylic acids is 1. The van der Waals surface area contributed by atoms with Crippen LogP contribution in [0.25, 0.3) is 0 Å². The number of rotatable bonds is 3. The van der Waals surface area contributed by atoms with Crippen molar-refractivity contribution in [3.8, 4) is 0 Å². The summed E-state index contributed by atoms with van der Waals surface area (Å²) in [5.41, 5.74) is -0.375. The molecule has 3 aliphatic rings. The van der Waals surface area contributed by atoms with E-state index in [0.29, 0.717) is 18.9 Å². The number of nitrogens with one attached hydrogen (secondary N) is 1. The Morgan fingerprint density at radius 2 is 2.10 bits per heavy atom. The summed E-state index contributed by atoms with van der Waals surface area (Å²) in [5.74, 6) is -0.334. The van der Waals surface area contributed by atoms with Crippen LogP contribution in [-0.2, 0) is 9.59 Å². The van der Waals surface area contributed by atoms with Gasteiger partial charge in [-0.1, -0.05) is 19.8 Å². The van der Waals surface area contributed by atoms with Gasteiger partial charge in [0, 0.05) is 12.6 Å². The van der Waals surface area contributed by atoms with Gasteiger partial charge < -0.3 is 15.3 Å². The van der Waals surface area contributed by atoms with Crippen molar-refractivity contribution in [2.45, 2.75) is 64.0 Å². The zero-order valence-corrected chi connectivity index (χ0v) is 12.8. The maximum absolute atomic E-state index is 13.2. The van der Waals surface area contributed by atoms with Crippen LogP contribution in [0.3, 0.4) is 0 Å². The Balaban J connectivity index is 1.89. The highest BCUT2D eigenvalue weighted by molar-refractivity contribution is 5.89. The summed E-state index contributed by atoms with van der Waals surface area (Å²) in [6.45, 7) is 3.61. The van der Waals surface area contributed by atoms with Crippen LogP contribution in [0.2, 0.25) is 0 Å². The lowest BCUT2D eigenvalue weighted by Crippen LogP contribution is -2.53. The second kappa shape index (κ2) is 5.59. The third-order valence-electron chi connectivity index (χ3n) is 5.98. The van der Waals surface area contributed by atoms with Crippen LogP contribution >= 0.6 is 0 Å². The van der Waals surface area contributed by atoms with Gasteiger partial charge >= 0.3 is 5.97 Å². The fourth-order valence-corrected chi connectivity index (χ4v) is 4.63. The third-order valence-corrected chi connectivity index (χ3v) is 5.98. The Hall–Kier alpha value is -1.10. The lowest BCUT2D eigenvalue weighted by Gasteiger charge is -2.38. The number of nitrogens with zero attached hydrogens (tertiary/aromatic N) is 1. The molecule has 0 aromatic rings. The van der Waals surface area contributed by atoms with Crippen molar-refractivity contribution < 1.29 is 14.7 Å². The van der Waals surface area contributed by atoms with E-state index in [9.17, 15) is 14.7 Å². The van der Waals surface area contributed by atoms with Gasteiger partial charge in [0.1, 0.15) is 6.04 Å². The van der Waals surface area contributed by atoms with Crippen LogP contribution in [0.5, 0.6) is 0 Å². The SMILES string of the molecule is CCC1(C(=O)N2C(C(=O)O)CC3CCCCC32)CCNC1. The molecular weight excluding hydrogens is 268 g/mol. The van der Waals surface area contributed by atoms with E-state index < -0.39 is 12.0 Å². The first-order valence-corrected chi connectivity index (χ1v) is 8.35. The highest BCUT2D eigenvalue weighted by Crippen LogP contribution is 2.43. The van der Waals surface area contributed by atoms with Crippen LogP contribution in [-0.4, -0.2) is 47.1 Å². The lowest BCUT2D eigenvalue weighted by atomic mass is 9.81. The number of carbonyl (C=O) groups is 2. The highest BCUT2D eigenvalue weighted by atomic mass is 16.4. The van der Waals surface area contributed by atoms with Gasteiger partial charge in [0.15, 0.2) is 0 Å². The van der Waals surface area contributed by atoms with Gasteiger partial charge in [-0.3, -0.25) is 4.79 Å². The molecule has 1 amide bonds. The standard InChI is InChI=1S/C16H26N2O3/c1-2-16(7-8-17-10-16)15(21)18-12-6-4-3-5-11(12)9-13(18)14(19)20/h11-13,17H,2-10H2,1H3,(H,19,20). The molecule has 5 heteroatoms. The highest BCUT2D eigenvalue weighted by Gasteiger charge is 2.52. The molecule has 0 bridgehead atoms. The van der Waals surface area contributed by atoms with E-state index in [1.54, 1.807) is 4.90 Å². The monoisotopic (exact) mass is 294 g/mol. The first-order valence-electron chi connectivity index (χ1n) is 8.35. The van der Waals surface area contributed by atoms with Crippen molar-refractivity contribution in [2.75, 3.05) is 13.1 Å². The molecule has 1 aliphatic carbocycles. The fraction of sp³-hybridized carbons (Fsp3) is 0.875. The zero-order chi connectivity index (χ0) is 15.0.